The molecule has 0 amide bonds. The number of sulfonamides is 1. The lowest BCUT2D eigenvalue weighted by Gasteiger charge is -2.16. The molecule has 0 aliphatic carbocycles. The molecule has 7 heteroatoms. The minimum atomic E-state index is -3.62. The molecule has 0 N–H and O–H groups in total. The van der Waals surface area contributed by atoms with Gasteiger partial charge in [0.25, 0.3) is 0 Å². The molecule has 1 aromatic heterocycles. The Morgan fingerprint density at radius 2 is 1.81 bits per heavy atom. The predicted molar refractivity (Wildman–Crippen MR) is 81.5 cm³/mol. The minimum absolute atomic E-state index is 0.104. The number of halogens is 1. The van der Waals surface area contributed by atoms with Crippen LogP contribution in [0.2, 0.25) is 0 Å². The van der Waals surface area contributed by atoms with Crippen molar-refractivity contribution in [2.45, 2.75) is 18.4 Å². The largest absolute Gasteiger partial charge is 0.453 e. The molecule has 0 bridgehead atoms. The summed E-state index contributed by atoms with van der Waals surface area (Å²) < 4.78 is 31.9. The van der Waals surface area contributed by atoms with Gasteiger partial charge in [-0.25, -0.2) is 8.42 Å². The third kappa shape index (κ3) is 3.61. The molecule has 0 atom stereocenters. The van der Waals surface area contributed by atoms with Crippen molar-refractivity contribution in [3.05, 3.63) is 52.4 Å². The quantitative estimate of drug-likeness (QED) is 0.757. The third-order valence-electron chi connectivity index (χ3n) is 2.98. The molecule has 0 saturated carbocycles. The van der Waals surface area contributed by atoms with E-state index >= 15 is 0 Å². The summed E-state index contributed by atoms with van der Waals surface area (Å²) in [6, 6.07) is 9.28. The van der Waals surface area contributed by atoms with Gasteiger partial charge in [0.05, 0.1) is 11.4 Å². The Morgan fingerprint density at radius 1 is 1.19 bits per heavy atom. The molecule has 21 heavy (non-hydrogen) atoms. The lowest BCUT2D eigenvalue weighted by molar-refractivity contribution is 0.101. The van der Waals surface area contributed by atoms with Crippen molar-refractivity contribution in [1.82, 2.24) is 4.31 Å². The summed E-state index contributed by atoms with van der Waals surface area (Å²) in [7, 11) is -2.15. The van der Waals surface area contributed by atoms with Crippen LogP contribution in [0.3, 0.4) is 0 Å². The fourth-order valence-electron chi connectivity index (χ4n) is 1.78. The van der Waals surface area contributed by atoms with Gasteiger partial charge in [-0.2, -0.15) is 4.31 Å². The summed E-state index contributed by atoms with van der Waals surface area (Å²) in [5.41, 5.74) is 0.478. The average Bonchev–Trinajstić information content (AvgIpc) is 2.84. The normalized spacial score (nSPS) is 11.8. The van der Waals surface area contributed by atoms with E-state index in [2.05, 4.69) is 15.9 Å². The van der Waals surface area contributed by atoms with Gasteiger partial charge in [0.1, 0.15) is 5.76 Å². The Hall–Kier alpha value is -1.44. The van der Waals surface area contributed by atoms with Crippen molar-refractivity contribution in [3.8, 4) is 0 Å². The van der Waals surface area contributed by atoms with Gasteiger partial charge in [-0.05, 0) is 47.1 Å². The standard InChI is InChI=1S/C14H14BrNO4S/c1-10(17)11-3-6-13(7-4-11)21(18,19)16(2)9-12-5-8-14(15)20-12/h3-8H,9H2,1-2H3. The molecule has 0 saturated heterocycles. The van der Waals surface area contributed by atoms with Crippen LogP contribution in [0.15, 0.2) is 50.4 Å². The van der Waals surface area contributed by atoms with E-state index < -0.39 is 10.0 Å². The first-order chi connectivity index (χ1) is 9.80. The van der Waals surface area contributed by atoms with Crippen molar-refractivity contribution in [2.75, 3.05) is 7.05 Å². The molecule has 2 rings (SSSR count). The van der Waals surface area contributed by atoms with E-state index in [0.29, 0.717) is 16.0 Å². The lowest BCUT2D eigenvalue weighted by Crippen LogP contribution is -2.26. The van der Waals surface area contributed by atoms with Crippen molar-refractivity contribution in [2.24, 2.45) is 0 Å². The van der Waals surface area contributed by atoms with E-state index in [1.54, 1.807) is 12.1 Å². The number of ketones is 1. The van der Waals surface area contributed by atoms with Crippen LogP contribution < -0.4 is 0 Å². The second-order valence-electron chi connectivity index (χ2n) is 4.55. The zero-order valence-electron chi connectivity index (χ0n) is 11.5. The summed E-state index contributed by atoms with van der Waals surface area (Å²) in [6.07, 6.45) is 0. The summed E-state index contributed by atoms with van der Waals surface area (Å²) in [5.74, 6) is 0.432. The second kappa shape index (κ2) is 6.13. The fraction of sp³-hybridized carbons (Fsp3) is 0.214. The van der Waals surface area contributed by atoms with Crippen molar-refractivity contribution >= 4 is 31.7 Å². The minimum Gasteiger partial charge on any atom is -0.453 e. The highest BCUT2D eigenvalue weighted by molar-refractivity contribution is 9.10. The van der Waals surface area contributed by atoms with Gasteiger partial charge in [-0.1, -0.05) is 12.1 Å². The number of furan rings is 1. The number of Topliss-reactive ketones (excluding diaryl/α,β-unsaturated/α-hetero) is 1. The molecule has 1 heterocycles. The molecule has 1 aromatic carbocycles. The Morgan fingerprint density at radius 3 is 2.29 bits per heavy atom. The van der Waals surface area contributed by atoms with E-state index in [9.17, 15) is 13.2 Å². The Bertz CT molecular complexity index is 750. The molecule has 0 unspecified atom stereocenters. The fourth-order valence-corrected chi connectivity index (χ4v) is 3.26. The van der Waals surface area contributed by atoms with E-state index in [0.717, 1.165) is 0 Å². The number of benzene rings is 1. The molecule has 0 aliphatic rings. The van der Waals surface area contributed by atoms with Crippen molar-refractivity contribution in [3.63, 3.8) is 0 Å². The zero-order valence-corrected chi connectivity index (χ0v) is 13.9. The average molecular weight is 372 g/mol. The summed E-state index contributed by atoms with van der Waals surface area (Å²) in [5, 5.41) is 0. The van der Waals surface area contributed by atoms with E-state index in [4.69, 9.17) is 4.42 Å². The van der Waals surface area contributed by atoms with Crippen molar-refractivity contribution in [1.29, 1.82) is 0 Å². The topological polar surface area (TPSA) is 67.6 Å². The van der Waals surface area contributed by atoms with Gasteiger partial charge in [0.15, 0.2) is 10.5 Å². The monoisotopic (exact) mass is 371 g/mol. The van der Waals surface area contributed by atoms with Crippen LogP contribution in [0, 0.1) is 0 Å². The van der Waals surface area contributed by atoms with Crippen LogP contribution in [0.4, 0.5) is 0 Å². The first-order valence-corrected chi connectivity index (χ1v) is 8.35. The second-order valence-corrected chi connectivity index (χ2v) is 7.37. The molecule has 0 radical (unpaired) electrons. The molecule has 0 fully saturated rings. The smallest absolute Gasteiger partial charge is 0.243 e. The van der Waals surface area contributed by atoms with Gasteiger partial charge in [0, 0.05) is 12.6 Å². The highest BCUT2D eigenvalue weighted by Gasteiger charge is 2.22. The van der Waals surface area contributed by atoms with Crippen molar-refractivity contribution < 1.29 is 17.6 Å². The third-order valence-corrected chi connectivity index (χ3v) is 5.22. The van der Waals surface area contributed by atoms with Crippen LogP contribution in [-0.4, -0.2) is 25.6 Å². The number of nitrogens with zero attached hydrogens (tertiary/aromatic N) is 1. The maximum Gasteiger partial charge on any atom is 0.243 e. The van der Waals surface area contributed by atoms with Crippen LogP contribution in [0.5, 0.6) is 0 Å². The number of carbonyl (C=O) groups excluding carboxylic acids is 1. The van der Waals surface area contributed by atoms with Crippen LogP contribution in [0.25, 0.3) is 0 Å². The summed E-state index contributed by atoms with van der Waals surface area (Å²) >= 11 is 3.17. The highest BCUT2D eigenvalue weighted by atomic mass is 79.9. The number of hydrogen-bond donors (Lipinski definition) is 0. The number of rotatable bonds is 5. The zero-order chi connectivity index (χ0) is 15.6. The molecular weight excluding hydrogens is 358 g/mol. The number of carbonyl (C=O) groups is 1. The summed E-state index contributed by atoms with van der Waals surface area (Å²) in [4.78, 5) is 11.3. The van der Waals surface area contributed by atoms with Crippen LogP contribution >= 0.6 is 15.9 Å². The van der Waals surface area contributed by atoms with Gasteiger partial charge in [-0.3, -0.25) is 4.79 Å². The first-order valence-electron chi connectivity index (χ1n) is 6.12. The van der Waals surface area contributed by atoms with Crippen LogP contribution in [-0.2, 0) is 16.6 Å². The maximum absolute atomic E-state index is 12.4. The van der Waals surface area contributed by atoms with Gasteiger partial charge < -0.3 is 4.42 Å². The van der Waals surface area contributed by atoms with E-state index in [1.165, 1.54) is 42.5 Å². The number of hydrogen-bond acceptors (Lipinski definition) is 4. The Balaban J connectivity index is 2.22. The molecule has 0 spiro atoms. The highest BCUT2D eigenvalue weighted by Crippen LogP contribution is 2.20. The van der Waals surface area contributed by atoms with E-state index in [1.807, 2.05) is 0 Å². The summed E-state index contributed by atoms with van der Waals surface area (Å²) in [6.45, 7) is 1.56. The van der Waals surface area contributed by atoms with Gasteiger partial charge >= 0.3 is 0 Å². The molecular formula is C14H14BrNO4S. The SMILES string of the molecule is CC(=O)c1ccc(S(=O)(=O)N(C)Cc2ccc(Br)o2)cc1. The Labute approximate surface area is 131 Å². The molecule has 2 aromatic rings. The molecule has 5 nitrogen and oxygen atoms in total. The lowest BCUT2D eigenvalue weighted by atomic mass is 10.2. The van der Waals surface area contributed by atoms with Gasteiger partial charge in [0.2, 0.25) is 10.0 Å². The Kier molecular flexibility index (Phi) is 4.65. The van der Waals surface area contributed by atoms with Gasteiger partial charge in [-0.15, -0.1) is 0 Å². The van der Waals surface area contributed by atoms with Crippen LogP contribution in [0.1, 0.15) is 23.0 Å². The molecule has 0 aliphatic heterocycles. The van der Waals surface area contributed by atoms with E-state index in [-0.39, 0.29) is 17.2 Å². The first kappa shape index (κ1) is 15.9. The predicted octanol–water partition coefficient (Wildman–Crippen LogP) is 3.07. The maximum atomic E-state index is 12.4. The molecule has 112 valence electrons.